The molecule has 0 aliphatic carbocycles. The third kappa shape index (κ3) is 4.91. The Hall–Kier alpha value is -1.84. The topological polar surface area (TPSA) is 40.6 Å². The summed E-state index contributed by atoms with van der Waals surface area (Å²) in [6.07, 6.45) is 3.56. The highest BCUT2D eigenvalue weighted by atomic mass is 16.2. The maximum Gasteiger partial charge on any atom is 0.245 e. The summed E-state index contributed by atoms with van der Waals surface area (Å²) in [5, 5.41) is 0. The predicted molar refractivity (Wildman–Crippen MR) is 110 cm³/mol. The fourth-order valence-electron chi connectivity index (χ4n) is 3.88. The number of rotatable bonds is 8. The van der Waals surface area contributed by atoms with Crippen molar-refractivity contribution in [1.82, 2.24) is 9.80 Å². The average molecular weight is 373 g/mol. The Morgan fingerprint density at radius 2 is 1.70 bits per heavy atom. The van der Waals surface area contributed by atoms with Gasteiger partial charge in [0.2, 0.25) is 11.8 Å². The largest absolute Gasteiger partial charge is 0.341 e. The van der Waals surface area contributed by atoms with Crippen LogP contribution in [-0.2, 0) is 22.6 Å². The van der Waals surface area contributed by atoms with Gasteiger partial charge >= 0.3 is 0 Å². The second-order valence-corrected chi connectivity index (χ2v) is 7.82. The van der Waals surface area contributed by atoms with Crippen molar-refractivity contribution >= 4 is 11.8 Å². The smallest absolute Gasteiger partial charge is 0.245 e. The summed E-state index contributed by atoms with van der Waals surface area (Å²) in [6, 6.07) is 7.83. The predicted octanol–water partition coefficient (Wildman–Crippen LogP) is 4.27. The lowest BCUT2D eigenvalue weighted by Crippen LogP contribution is -2.55. The molecule has 4 heteroatoms. The highest BCUT2D eigenvalue weighted by molar-refractivity contribution is 5.89. The minimum absolute atomic E-state index is 0.0559. The number of amides is 2. The molecular formula is C23H36N2O2. The van der Waals surface area contributed by atoms with E-state index in [4.69, 9.17) is 0 Å². The Bertz CT molecular complexity index is 639. The van der Waals surface area contributed by atoms with Crippen LogP contribution in [0.25, 0.3) is 0 Å². The fraction of sp³-hybridized carbons (Fsp3) is 0.652. The number of nitrogens with zero attached hydrogens (tertiary/aromatic N) is 2. The van der Waals surface area contributed by atoms with Crippen molar-refractivity contribution in [3.8, 4) is 0 Å². The van der Waals surface area contributed by atoms with Gasteiger partial charge in [-0.3, -0.25) is 9.59 Å². The Labute approximate surface area is 164 Å². The van der Waals surface area contributed by atoms with E-state index in [0.717, 1.165) is 25.8 Å². The van der Waals surface area contributed by atoms with Crippen molar-refractivity contribution in [2.45, 2.75) is 72.9 Å². The van der Waals surface area contributed by atoms with Gasteiger partial charge in [0, 0.05) is 32.0 Å². The van der Waals surface area contributed by atoms with E-state index in [0.29, 0.717) is 25.4 Å². The van der Waals surface area contributed by atoms with Gasteiger partial charge in [0.25, 0.3) is 0 Å². The third-order valence-corrected chi connectivity index (χ3v) is 6.18. The Balaban J connectivity index is 2.30. The van der Waals surface area contributed by atoms with E-state index in [1.54, 1.807) is 0 Å². The lowest BCUT2D eigenvalue weighted by molar-refractivity contribution is -0.149. The van der Waals surface area contributed by atoms with Gasteiger partial charge in [-0.2, -0.15) is 0 Å². The lowest BCUT2D eigenvalue weighted by Gasteiger charge is -2.40. The Morgan fingerprint density at radius 1 is 1.07 bits per heavy atom. The Morgan fingerprint density at radius 3 is 2.26 bits per heavy atom. The fourth-order valence-corrected chi connectivity index (χ4v) is 3.88. The van der Waals surface area contributed by atoms with Crippen molar-refractivity contribution < 1.29 is 9.59 Å². The molecule has 1 aromatic carbocycles. The zero-order chi connectivity index (χ0) is 20.0. The molecule has 150 valence electrons. The standard InChI is InChI=1S/C23H36N2O2/c1-6-17(5)22(26)25-16-20-13-11-10-12-19(20)14-21(25)23(27)24(9-4)15-18(7-2)8-3/h10-13,17-18,21H,6-9,14-16H2,1-5H3. The molecule has 0 N–H and O–H groups in total. The Kier molecular flexibility index (Phi) is 7.88. The minimum Gasteiger partial charge on any atom is -0.341 e. The summed E-state index contributed by atoms with van der Waals surface area (Å²) >= 11 is 0. The van der Waals surface area contributed by atoms with Crippen molar-refractivity contribution in [1.29, 1.82) is 0 Å². The highest BCUT2D eigenvalue weighted by Crippen LogP contribution is 2.27. The van der Waals surface area contributed by atoms with Crippen molar-refractivity contribution in [3.05, 3.63) is 35.4 Å². The molecule has 2 amide bonds. The molecule has 4 nitrogen and oxygen atoms in total. The SMILES string of the molecule is CCC(CC)CN(CC)C(=O)C1Cc2ccccc2CN1C(=O)C(C)CC. The maximum absolute atomic E-state index is 13.5. The van der Waals surface area contributed by atoms with Gasteiger partial charge in [-0.1, -0.05) is 64.8 Å². The number of hydrogen-bond donors (Lipinski definition) is 0. The van der Waals surface area contributed by atoms with Crippen molar-refractivity contribution in [2.24, 2.45) is 11.8 Å². The van der Waals surface area contributed by atoms with Crippen LogP contribution in [0.4, 0.5) is 0 Å². The summed E-state index contributed by atoms with van der Waals surface area (Å²) in [5.41, 5.74) is 2.36. The molecule has 0 bridgehead atoms. The van der Waals surface area contributed by atoms with Crippen LogP contribution in [0, 0.1) is 11.8 Å². The molecule has 2 rings (SSSR count). The number of benzene rings is 1. The molecular weight excluding hydrogens is 336 g/mol. The highest BCUT2D eigenvalue weighted by Gasteiger charge is 2.37. The maximum atomic E-state index is 13.5. The van der Waals surface area contributed by atoms with Crippen LogP contribution in [0.2, 0.25) is 0 Å². The number of fused-ring (bicyclic) bond motifs is 1. The van der Waals surface area contributed by atoms with E-state index in [1.165, 1.54) is 11.1 Å². The molecule has 2 atom stereocenters. The molecule has 0 aromatic heterocycles. The molecule has 1 aromatic rings. The minimum atomic E-state index is -0.379. The van der Waals surface area contributed by atoms with Gasteiger partial charge in [0.1, 0.15) is 6.04 Å². The second kappa shape index (κ2) is 9.91. The van der Waals surface area contributed by atoms with E-state index in [-0.39, 0.29) is 23.8 Å². The zero-order valence-corrected chi connectivity index (χ0v) is 17.7. The lowest BCUT2D eigenvalue weighted by atomic mass is 9.91. The second-order valence-electron chi connectivity index (χ2n) is 7.82. The molecule has 2 unspecified atom stereocenters. The van der Waals surface area contributed by atoms with Gasteiger partial charge in [-0.25, -0.2) is 0 Å². The molecule has 27 heavy (non-hydrogen) atoms. The number of carbonyl (C=O) groups excluding carboxylic acids is 2. The summed E-state index contributed by atoms with van der Waals surface area (Å²) in [7, 11) is 0. The van der Waals surface area contributed by atoms with Gasteiger partial charge in [-0.05, 0) is 30.4 Å². The number of carbonyl (C=O) groups is 2. The van der Waals surface area contributed by atoms with Crippen LogP contribution in [0.5, 0.6) is 0 Å². The van der Waals surface area contributed by atoms with Crippen molar-refractivity contribution in [2.75, 3.05) is 13.1 Å². The first-order valence-corrected chi connectivity index (χ1v) is 10.6. The zero-order valence-electron chi connectivity index (χ0n) is 17.7. The van der Waals surface area contributed by atoms with E-state index < -0.39 is 0 Å². The number of hydrogen-bond acceptors (Lipinski definition) is 2. The molecule has 1 heterocycles. The normalized spacial score (nSPS) is 17.6. The van der Waals surface area contributed by atoms with Crippen LogP contribution in [0.3, 0.4) is 0 Å². The summed E-state index contributed by atoms with van der Waals surface area (Å²) in [5.74, 6) is 0.669. The van der Waals surface area contributed by atoms with E-state index >= 15 is 0 Å². The molecule has 0 spiro atoms. The quantitative estimate of drug-likeness (QED) is 0.684. The van der Waals surface area contributed by atoms with Gasteiger partial charge in [-0.15, -0.1) is 0 Å². The van der Waals surface area contributed by atoms with Crippen molar-refractivity contribution in [3.63, 3.8) is 0 Å². The molecule has 0 saturated heterocycles. The van der Waals surface area contributed by atoms with Crippen LogP contribution in [0.15, 0.2) is 24.3 Å². The van der Waals surface area contributed by atoms with E-state index in [9.17, 15) is 9.59 Å². The first-order chi connectivity index (χ1) is 13.0. The number of likely N-dealkylation sites (N-methyl/N-ethyl adjacent to an activating group) is 1. The molecule has 0 radical (unpaired) electrons. The summed E-state index contributed by atoms with van der Waals surface area (Å²) < 4.78 is 0. The molecule has 1 aliphatic rings. The first-order valence-electron chi connectivity index (χ1n) is 10.6. The summed E-state index contributed by atoms with van der Waals surface area (Å²) in [4.78, 5) is 30.3. The van der Waals surface area contributed by atoms with Crippen LogP contribution < -0.4 is 0 Å². The van der Waals surface area contributed by atoms with E-state index in [1.807, 2.05) is 42.7 Å². The first kappa shape index (κ1) is 21.5. The van der Waals surface area contributed by atoms with E-state index in [2.05, 4.69) is 26.0 Å². The van der Waals surface area contributed by atoms with Gasteiger partial charge < -0.3 is 9.80 Å². The van der Waals surface area contributed by atoms with Crippen LogP contribution in [-0.4, -0.2) is 40.7 Å². The summed E-state index contributed by atoms with van der Waals surface area (Å²) in [6.45, 7) is 12.4. The molecule has 1 aliphatic heterocycles. The van der Waals surface area contributed by atoms with Gasteiger partial charge in [0.05, 0.1) is 0 Å². The van der Waals surface area contributed by atoms with Crippen LogP contribution in [0.1, 0.15) is 65.0 Å². The van der Waals surface area contributed by atoms with Gasteiger partial charge in [0.15, 0.2) is 0 Å². The molecule has 0 fully saturated rings. The monoisotopic (exact) mass is 372 g/mol. The average Bonchev–Trinajstić information content (AvgIpc) is 2.72. The third-order valence-electron chi connectivity index (χ3n) is 6.18. The molecule has 0 saturated carbocycles. The van der Waals surface area contributed by atoms with Crippen LogP contribution >= 0.6 is 0 Å².